The van der Waals surface area contributed by atoms with E-state index in [1.54, 1.807) is 6.21 Å². The fraction of sp³-hybridized carbons (Fsp3) is 0. The summed E-state index contributed by atoms with van der Waals surface area (Å²) in [6.45, 7) is 0. The SMILES string of the molecule is ClON=Cc1cccc2ccccc12. The topological polar surface area (TPSA) is 21.6 Å². The van der Waals surface area contributed by atoms with Gasteiger partial charge in [0.05, 0.1) is 6.21 Å². The lowest BCUT2D eigenvalue weighted by Crippen LogP contribution is -1.83. The van der Waals surface area contributed by atoms with Crippen LogP contribution in [0.2, 0.25) is 0 Å². The third-order valence-electron chi connectivity index (χ3n) is 2.05. The Bertz CT molecular complexity index is 462. The van der Waals surface area contributed by atoms with Crippen LogP contribution < -0.4 is 0 Å². The zero-order chi connectivity index (χ0) is 9.80. The van der Waals surface area contributed by atoms with E-state index in [1.807, 2.05) is 42.5 Å². The van der Waals surface area contributed by atoms with Crippen LogP contribution in [0.25, 0.3) is 10.8 Å². The predicted molar refractivity (Wildman–Crippen MR) is 58.5 cm³/mol. The number of nitrogens with zero attached hydrogens (tertiary/aromatic N) is 1. The van der Waals surface area contributed by atoms with Crippen LogP contribution in [0.1, 0.15) is 5.56 Å². The fourth-order valence-corrected chi connectivity index (χ4v) is 1.48. The van der Waals surface area contributed by atoms with Crippen molar-refractivity contribution < 1.29 is 4.39 Å². The molecule has 0 saturated carbocycles. The second-order valence-corrected chi connectivity index (χ2v) is 3.01. The van der Waals surface area contributed by atoms with Crippen molar-refractivity contribution in [3.63, 3.8) is 0 Å². The van der Waals surface area contributed by atoms with Gasteiger partial charge < -0.3 is 0 Å². The summed E-state index contributed by atoms with van der Waals surface area (Å²) in [5, 5.41) is 5.84. The first-order valence-corrected chi connectivity index (χ1v) is 4.51. The molecule has 2 aromatic rings. The van der Waals surface area contributed by atoms with Gasteiger partial charge in [0.15, 0.2) is 11.9 Å². The van der Waals surface area contributed by atoms with E-state index in [1.165, 1.54) is 5.39 Å². The van der Waals surface area contributed by atoms with E-state index in [9.17, 15) is 0 Å². The van der Waals surface area contributed by atoms with Gasteiger partial charge in [-0.3, -0.25) is 4.39 Å². The number of benzene rings is 2. The Morgan fingerprint density at radius 3 is 2.71 bits per heavy atom. The Balaban J connectivity index is 2.59. The molecule has 2 rings (SSSR count). The molecular weight excluding hydrogens is 198 g/mol. The summed E-state index contributed by atoms with van der Waals surface area (Å²) in [5.74, 6) is 0. The second kappa shape index (κ2) is 4.11. The minimum absolute atomic E-state index is 0.990. The highest BCUT2D eigenvalue weighted by atomic mass is 35.5. The van der Waals surface area contributed by atoms with Crippen LogP contribution in [0.3, 0.4) is 0 Å². The van der Waals surface area contributed by atoms with Gasteiger partial charge in [-0.05, 0) is 10.8 Å². The fourth-order valence-electron chi connectivity index (χ4n) is 1.44. The zero-order valence-corrected chi connectivity index (χ0v) is 8.11. The maximum Gasteiger partial charge on any atom is 0.167 e. The molecule has 0 aliphatic heterocycles. The van der Waals surface area contributed by atoms with Gasteiger partial charge in [-0.15, -0.1) is 0 Å². The summed E-state index contributed by atoms with van der Waals surface area (Å²) < 4.78 is 4.14. The van der Waals surface area contributed by atoms with Crippen LogP contribution in [-0.2, 0) is 4.39 Å². The summed E-state index contributed by atoms with van der Waals surface area (Å²) in [5.41, 5.74) is 0.990. The number of oxime groups is 1. The molecule has 3 heteroatoms. The molecule has 2 aromatic carbocycles. The van der Waals surface area contributed by atoms with Gasteiger partial charge in [-0.25, -0.2) is 0 Å². The first-order chi connectivity index (χ1) is 6.92. The lowest BCUT2D eigenvalue weighted by Gasteiger charge is -1.99. The summed E-state index contributed by atoms with van der Waals surface area (Å²) in [4.78, 5) is 0. The number of hydrogen-bond acceptors (Lipinski definition) is 2. The molecule has 0 aliphatic carbocycles. The first-order valence-electron chi connectivity index (χ1n) is 4.21. The van der Waals surface area contributed by atoms with Crippen LogP contribution >= 0.6 is 11.9 Å². The third kappa shape index (κ3) is 1.70. The van der Waals surface area contributed by atoms with Crippen molar-refractivity contribution in [2.45, 2.75) is 0 Å². The molecule has 0 atom stereocenters. The van der Waals surface area contributed by atoms with Crippen molar-refractivity contribution in [1.82, 2.24) is 0 Å². The van der Waals surface area contributed by atoms with Gasteiger partial charge in [0.1, 0.15) is 0 Å². The van der Waals surface area contributed by atoms with Crippen molar-refractivity contribution in [1.29, 1.82) is 0 Å². The largest absolute Gasteiger partial charge is 0.277 e. The first kappa shape index (κ1) is 9.03. The van der Waals surface area contributed by atoms with Crippen LogP contribution in [0, 0.1) is 0 Å². The monoisotopic (exact) mass is 205 g/mol. The lowest BCUT2D eigenvalue weighted by atomic mass is 10.1. The molecule has 0 bridgehead atoms. The molecule has 0 radical (unpaired) electrons. The summed E-state index contributed by atoms with van der Waals surface area (Å²) in [6, 6.07) is 14.1. The highest BCUT2D eigenvalue weighted by Gasteiger charge is 1.96. The van der Waals surface area contributed by atoms with Gasteiger partial charge in [0, 0.05) is 5.56 Å². The molecule has 0 aliphatic rings. The highest BCUT2D eigenvalue weighted by Crippen LogP contribution is 2.16. The number of halogens is 1. The minimum atomic E-state index is 0.990. The number of rotatable bonds is 2. The Hall–Kier alpha value is -1.54. The minimum Gasteiger partial charge on any atom is -0.277 e. The molecule has 2 nitrogen and oxygen atoms in total. The van der Waals surface area contributed by atoms with E-state index in [2.05, 4.69) is 9.55 Å². The van der Waals surface area contributed by atoms with E-state index in [0.29, 0.717) is 0 Å². The average Bonchev–Trinajstić information content (AvgIpc) is 2.26. The molecule has 0 fully saturated rings. The standard InChI is InChI=1S/C11H8ClNO/c12-14-13-8-10-6-3-5-9-4-1-2-7-11(9)10/h1-8H. The Labute approximate surface area is 86.9 Å². The Morgan fingerprint density at radius 2 is 1.86 bits per heavy atom. The summed E-state index contributed by atoms with van der Waals surface area (Å²) in [7, 11) is 0. The Morgan fingerprint density at radius 1 is 1.07 bits per heavy atom. The van der Waals surface area contributed by atoms with Crippen LogP contribution in [0.5, 0.6) is 0 Å². The van der Waals surface area contributed by atoms with E-state index in [-0.39, 0.29) is 0 Å². The maximum absolute atomic E-state index is 5.00. The van der Waals surface area contributed by atoms with E-state index >= 15 is 0 Å². The zero-order valence-electron chi connectivity index (χ0n) is 7.35. The van der Waals surface area contributed by atoms with Crippen molar-refractivity contribution in [2.24, 2.45) is 5.16 Å². The highest BCUT2D eigenvalue weighted by molar-refractivity contribution is 6.07. The van der Waals surface area contributed by atoms with E-state index in [4.69, 9.17) is 11.9 Å². The number of fused-ring (bicyclic) bond motifs is 1. The predicted octanol–water partition coefficient (Wildman–Crippen LogP) is 3.34. The summed E-state index contributed by atoms with van der Waals surface area (Å²) >= 11 is 5.00. The van der Waals surface area contributed by atoms with Gasteiger partial charge in [-0.1, -0.05) is 47.6 Å². The molecule has 0 spiro atoms. The summed E-state index contributed by atoms with van der Waals surface area (Å²) in [6.07, 6.45) is 1.59. The second-order valence-electron chi connectivity index (χ2n) is 2.87. The van der Waals surface area contributed by atoms with E-state index in [0.717, 1.165) is 10.9 Å². The van der Waals surface area contributed by atoms with Crippen molar-refractivity contribution in [2.75, 3.05) is 0 Å². The van der Waals surface area contributed by atoms with Crippen LogP contribution in [0.4, 0.5) is 0 Å². The smallest absolute Gasteiger partial charge is 0.167 e. The molecule has 0 aromatic heterocycles. The van der Waals surface area contributed by atoms with E-state index < -0.39 is 0 Å². The van der Waals surface area contributed by atoms with Crippen molar-refractivity contribution >= 4 is 28.9 Å². The molecule has 0 amide bonds. The lowest BCUT2D eigenvalue weighted by molar-refractivity contribution is 0.384. The van der Waals surface area contributed by atoms with Gasteiger partial charge >= 0.3 is 0 Å². The Kier molecular flexibility index (Phi) is 2.65. The molecular formula is C11H8ClNO. The van der Waals surface area contributed by atoms with Crippen molar-refractivity contribution in [3.05, 3.63) is 48.0 Å². The average molecular weight is 206 g/mol. The van der Waals surface area contributed by atoms with Gasteiger partial charge in [-0.2, -0.15) is 0 Å². The molecule has 0 heterocycles. The molecule has 14 heavy (non-hydrogen) atoms. The van der Waals surface area contributed by atoms with Gasteiger partial charge in [0.2, 0.25) is 0 Å². The quantitative estimate of drug-likeness (QED) is 0.544. The number of hydrogen-bond donors (Lipinski definition) is 0. The third-order valence-corrected chi connectivity index (χ3v) is 2.13. The van der Waals surface area contributed by atoms with Crippen LogP contribution in [0.15, 0.2) is 47.6 Å². The molecule has 0 N–H and O–H groups in total. The maximum atomic E-state index is 5.00. The van der Waals surface area contributed by atoms with Crippen LogP contribution in [-0.4, -0.2) is 6.21 Å². The molecule has 0 unspecified atom stereocenters. The van der Waals surface area contributed by atoms with Crippen molar-refractivity contribution in [3.8, 4) is 0 Å². The normalized spacial score (nSPS) is 10.9. The molecule has 0 saturated heterocycles. The molecule has 70 valence electrons. The van der Waals surface area contributed by atoms with Gasteiger partial charge in [0.25, 0.3) is 0 Å².